The van der Waals surface area contributed by atoms with Gasteiger partial charge in [-0.1, -0.05) is 52.5 Å². The maximum absolute atomic E-state index is 5.49. The van der Waals surface area contributed by atoms with Gasteiger partial charge in [0, 0.05) is 5.39 Å². The number of fused-ring (bicyclic) bond motifs is 1. The van der Waals surface area contributed by atoms with Crippen LogP contribution in [0.5, 0.6) is 0 Å². The zero-order valence-electron chi connectivity index (χ0n) is 11.1. The van der Waals surface area contributed by atoms with Crippen LogP contribution in [0.4, 0.5) is 0 Å². The Kier molecular flexibility index (Phi) is 4.00. The van der Waals surface area contributed by atoms with Gasteiger partial charge in [0.25, 0.3) is 0 Å². The van der Waals surface area contributed by atoms with Gasteiger partial charge in [-0.2, -0.15) is 0 Å². The van der Waals surface area contributed by atoms with Crippen LogP contribution < -0.4 is 5.73 Å². The Bertz CT molecular complexity index is 464. The van der Waals surface area contributed by atoms with E-state index in [0.29, 0.717) is 16.9 Å². The molecule has 1 heterocycles. The van der Waals surface area contributed by atoms with Crippen molar-refractivity contribution in [3.8, 4) is 0 Å². The third-order valence-corrected chi connectivity index (χ3v) is 1.74. The number of furan rings is 1. The van der Waals surface area contributed by atoms with E-state index in [-0.39, 0.29) is 0 Å². The highest BCUT2D eigenvalue weighted by Gasteiger charge is 2.02. The van der Waals surface area contributed by atoms with Gasteiger partial charge in [0.15, 0.2) is 0 Å². The Balaban J connectivity index is 0.000000249. The van der Waals surface area contributed by atoms with Gasteiger partial charge < -0.3 is 10.2 Å². The molecule has 2 aromatic rings. The largest absolute Gasteiger partial charge is 0.455 e. The summed E-state index contributed by atoms with van der Waals surface area (Å²) < 4.78 is 5.40. The van der Waals surface area contributed by atoms with Crippen molar-refractivity contribution in [3.63, 3.8) is 0 Å². The van der Waals surface area contributed by atoms with Crippen molar-refractivity contribution >= 4 is 16.7 Å². The molecule has 0 aliphatic carbocycles. The van der Waals surface area contributed by atoms with Crippen molar-refractivity contribution < 1.29 is 4.42 Å². The van der Waals surface area contributed by atoms with Gasteiger partial charge >= 0.3 is 0 Å². The van der Waals surface area contributed by atoms with Gasteiger partial charge in [0.05, 0.1) is 5.70 Å². The smallest absolute Gasteiger partial charge is 0.150 e. The van der Waals surface area contributed by atoms with E-state index >= 15 is 0 Å². The highest BCUT2D eigenvalue weighted by atomic mass is 16.3. The SMILES string of the molecule is C=C(N)c1cc2ccccc2o1.CC(C)(C)C. The first-order chi connectivity index (χ1) is 7.77. The number of hydrogen-bond acceptors (Lipinski definition) is 2. The highest BCUT2D eigenvalue weighted by molar-refractivity contribution is 5.80. The van der Waals surface area contributed by atoms with Gasteiger partial charge in [0.1, 0.15) is 11.3 Å². The second-order valence-corrected chi connectivity index (χ2v) is 5.67. The first-order valence-electron chi connectivity index (χ1n) is 5.71. The topological polar surface area (TPSA) is 39.2 Å². The molecular weight excluding hydrogens is 210 g/mol. The molecule has 0 amide bonds. The second kappa shape index (κ2) is 5.09. The Hall–Kier alpha value is -1.70. The monoisotopic (exact) mass is 231 g/mol. The van der Waals surface area contributed by atoms with Crippen LogP contribution in [0.2, 0.25) is 0 Å². The Morgan fingerprint density at radius 3 is 2.18 bits per heavy atom. The molecule has 1 aromatic heterocycles. The van der Waals surface area contributed by atoms with E-state index in [1.54, 1.807) is 0 Å². The predicted molar refractivity (Wildman–Crippen MR) is 74.6 cm³/mol. The summed E-state index contributed by atoms with van der Waals surface area (Å²) in [6.45, 7) is 12.4. The molecule has 0 spiro atoms. The number of para-hydroxylation sites is 1. The molecule has 0 fully saturated rings. The van der Waals surface area contributed by atoms with Crippen LogP contribution in [0, 0.1) is 5.41 Å². The molecule has 0 aliphatic heterocycles. The molecule has 0 saturated carbocycles. The lowest BCUT2D eigenvalue weighted by Gasteiger charge is -2.05. The summed E-state index contributed by atoms with van der Waals surface area (Å²) in [6.07, 6.45) is 0. The predicted octanol–water partition coefficient (Wildman–Crippen LogP) is 4.41. The van der Waals surface area contributed by atoms with Crippen molar-refractivity contribution in [1.29, 1.82) is 0 Å². The van der Waals surface area contributed by atoms with Crippen LogP contribution in [0.15, 0.2) is 41.3 Å². The van der Waals surface area contributed by atoms with Gasteiger partial charge in [-0.15, -0.1) is 0 Å². The van der Waals surface area contributed by atoms with E-state index in [1.807, 2.05) is 30.3 Å². The molecule has 1 aromatic carbocycles. The lowest BCUT2D eigenvalue weighted by molar-refractivity contribution is 0.469. The van der Waals surface area contributed by atoms with Crippen molar-refractivity contribution in [2.75, 3.05) is 0 Å². The summed E-state index contributed by atoms with van der Waals surface area (Å²) in [5.74, 6) is 0.649. The first kappa shape index (κ1) is 13.4. The zero-order valence-corrected chi connectivity index (χ0v) is 11.1. The summed E-state index contributed by atoms with van der Waals surface area (Å²) in [7, 11) is 0. The average Bonchev–Trinajstić information content (AvgIpc) is 2.58. The number of rotatable bonds is 1. The minimum Gasteiger partial charge on any atom is -0.455 e. The Labute approximate surface area is 103 Å². The molecule has 2 rings (SSSR count). The average molecular weight is 231 g/mol. The number of benzene rings is 1. The molecule has 0 radical (unpaired) electrons. The molecule has 0 bridgehead atoms. The van der Waals surface area contributed by atoms with E-state index in [1.165, 1.54) is 0 Å². The molecule has 0 aliphatic rings. The minimum absolute atomic E-state index is 0.464. The summed E-state index contributed by atoms with van der Waals surface area (Å²) in [4.78, 5) is 0. The van der Waals surface area contributed by atoms with Crippen molar-refractivity contribution in [2.24, 2.45) is 11.1 Å². The molecule has 17 heavy (non-hydrogen) atoms. The summed E-state index contributed by atoms with van der Waals surface area (Å²) in [5, 5.41) is 1.05. The lowest BCUT2D eigenvalue weighted by atomic mass is 10.0. The van der Waals surface area contributed by atoms with Crippen LogP contribution >= 0.6 is 0 Å². The fourth-order valence-corrected chi connectivity index (χ4v) is 1.14. The minimum atomic E-state index is 0.464. The van der Waals surface area contributed by atoms with Gasteiger partial charge in [-0.05, 0) is 17.5 Å². The van der Waals surface area contributed by atoms with Crippen LogP contribution in [-0.4, -0.2) is 0 Å². The van der Waals surface area contributed by atoms with E-state index in [4.69, 9.17) is 10.2 Å². The molecule has 92 valence electrons. The van der Waals surface area contributed by atoms with E-state index in [2.05, 4.69) is 34.3 Å². The fourth-order valence-electron chi connectivity index (χ4n) is 1.14. The van der Waals surface area contributed by atoms with Gasteiger partial charge in [-0.3, -0.25) is 0 Å². The fraction of sp³-hybridized carbons (Fsp3) is 0.333. The molecular formula is C15H21NO. The second-order valence-electron chi connectivity index (χ2n) is 5.67. The lowest BCUT2D eigenvalue weighted by Crippen LogP contribution is -1.93. The number of nitrogens with two attached hydrogens (primary N) is 1. The van der Waals surface area contributed by atoms with E-state index in [9.17, 15) is 0 Å². The summed E-state index contributed by atoms with van der Waals surface area (Å²) in [6, 6.07) is 9.65. The van der Waals surface area contributed by atoms with Crippen molar-refractivity contribution in [3.05, 3.63) is 42.7 Å². The molecule has 0 unspecified atom stereocenters. The van der Waals surface area contributed by atoms with E-state index in [0.717, 1.165) is 11.0 Å². The van der Waals surface area contributed by atoms with Gasteiger partial charge in [-0.25, -0.2) is 0 Å². The maximum Gasteiger partial charge on any atom is 0.150 e. The quantitative estimate of drug-likeness (QED) is 0.789. The first-order valence-corrected chi connectivity index (χ1v) is 5.71. The number of hydrogen-bond donors (Lipinski definition) is 1. The maximum atomic E-state index is 5.49. The molecule has 2 heteroatoms. The molecule has 0 saturated heterocycles. The third kappa shape index (κ3) is 4.77. The van der Waals surface area contributed by atoms with Crippen molar-refractivity contribution in [1.82, 2.24) is 0 Å². The zero-order chi connectivity index (χ0) is 13.1. The van der Waals surface area contributed by atoms with Crippen LogP contribution in [0.1, 0.15) is 33.5 Å². The van der Waals surface area contributed by atoms with Crippen molar-refractivity contribution in [2.45, 2.75) is 27.7 Å². The molecule has 0 atom stereocenters. The van der Waals surface area contributed by atoms with Crippen LogP contribution in [-0.2, 0) is 0 Å². The summed E-state index contributed by atoms with van der Waals surface area (Å²) >= 11 is 0. The van der Waals surface area contributed by atoms with Gasteiger partial charge in [0.2, 0.25) is 0 Å². The summed E-state index contributed by atoms with van der Waals surface area (Å²) in [5.41, 5.74) is 7.30. The normalized spacial score (nSPS) is 10.8. The third-order valence-electron chi connectivity index (χ3n) is 1.74. The Morgan fingerprint density at radius 1 is 1.18 bits per heavy atom. The highest BCUT2D eigenvalue weighted by Crippen LogP contribution is 2.20. The van der Waals surface area contributed by atoms with E-state index < -0.39 is 0 Å². The Morgan fingerprint density at radius 2 is 1.71 bits per heavy atom. The van der Waals surface area contributed by atoms with Crippen LogP contribution in [0.3, 0.4) is 0 Å². The molecule has 2 N–H and O–H groups in total. The van der Waals surface area contributed by atoms with Crippen LogP contribution in [0.25, 0.3) is 16.7 Å². The molecule has 2 nitrogen and oxygen atoms in total. The standard InChI is InChI=1S/C10H9NO.C5H12/c1-7(11)10-6-8-4-2-3-5-9(8)12-10;1-5(2,3)4/h2-6H,1,11H2;1-4H3.